The van der Waals surface area contributed by atoms with Crippen LogP contribution in [0, 0.1) is 13.8 Å². The number of aromatic nitrogens is 2. The van der Waals surface area contributed by atoms with Crippen molar-refractivity contribution < 1.29 is 9.59 Å². The van der Waals surface area contributed by atoms with E-state index in [9.17, 15) is 9.59 Å². The molecule has 1 atom stereocenters. The molecule has 3 rings (SSSR count). The SMILES string of the molecule is C=CC(=O)N1CCN(C(=O)c2sc3nc(C)nc(C)c3c2N)[C@@H](C)C1. The minimum Gasteiger partial charge on any atom is -0.397 e. The van der Waals surface area contributed by atoms with Gasteiger partial charge < -0.3 is 15.5 Å². The molecule has 8 heteroatoms. The molecule has 25 heavy (non-hydrogen) atoms. The molecule has 0 spiro atoms. The van der Waals surface area contributed by atoms with E-state index in [0.29, 0.717) is 36.0 Å². The summed E-state index contributed by atoms with van der Waals surface area (Å²) >= 11 is 1.30. The number of nitrogen functional groups attached to an aromatic ring is 1. The number of anilines is 1. The van der Waals surface area contributed by atoms with Gasteiger partial charge in [0.1, 0.15) is 15.5 Å². The van der Waals surface area contributed by atoms with Gasteiger partial charge in [-0.1, -0.05) is 6.58 Å². The maximum absolute atomic E-state index is 13.0. The Hall–Kier alpha value is -2.48. The van der Waals surface area contributed by atoms with Gasteiger partial charge in [-0.05, 0) is 26.8 Å². The van der Waals surface area contributed by atoms with Crippen molar-refractivity contribution >= 4 is 39.1 Å². The van der Waals surface area contributed by atoms with Crippen LogP contribution in [0.3, 0.4) is 0 Å². The molecule has 2 amide bonds. The summed E-state index contributed by atoms with van der Waals surface area (Å²) in [5.41, 5.74) is 7.47. The average molecular weight is 359 g/mol. The lowest BCUT2D eigenvalue weighted by Crippen LogP contribution is -2.55. The maximum Gasteiger partial charge on any atom is 0.266 e. The van der Waals surface area contributed by atoms with E-state index in [1.54, 1.807) is 9.80 Å². The molecule has 2 aromatic heterocycles. The summed E-state index contributed by atoms with van der Waals surface area (Å²) in [5.74, 6) is 0.438. The summed E-state index contributed by atoms with van der Waals surface area (Å²) < 4.78 is 0. The molecule has 2 aromatic rings. The van der Waals surface area contributed by atoms with Crippen molar-refractivity contribution in [2.24, 2.45) is 0 Å². The summed E-state index contributed by atoms with van der Waals surface area (Å²) in [7, 11) is 0. The lowest BCUT2D eigenvalue weighted by Gasteiger charge is -2.39. The predicted octanol–water partition coefficient (Wildman–Crippen LogP) is 1.75. The topological polar surface area (TPSA) is 92.4 Å². The summed E-state index contributed by atoms with van der Waals surface area (Å²) in [5, 5.41) is 0.757. The fourth-order valence-corrected chi connectivity index (χ4v) is 4.36. The van der Waals surface area contributed by atoms with Gasteiger partial charge in [0.15, 0.2) is 0 Å². The molecule has 1 aliphatic rings. The molecule has 0 bridgehead atoms. The number of piperazine rings is 1. The fraction of sp³-hybridized carbons (Fsp3) is 0.412. The van der Waals surface area contributed by atoms with Crippen LogP contribution in [0.5, 0.6) is 0 Å². The molecular weight excluding hydrogens is 338 g/mol. The monoisotopic (exact) mass is 359 g/mol. The second-order valence-corrected chi connectivity index (χ2v) is 7.22. The largest absolute Gasteiger partial charge is 0.397 e. The first-order valence-corrected chi connectivity index (χ1v) is 8.90. The van der Waals surface area contributed by atoms with E-state index in [1.165, 1.54) is 17.4 Å². The third-order valence-corrected chi connectivity index (χ3v) is 5.54. The summed E-state index contributed by atoms with van der Waals surface area (Å²) in [6.07, 6.45) is 1.30. The highest BCUT2D eigenvalue weighted by atomic mass is 32.1. The van der Waals surface area contributed by atoms with Crippen molar-refractivity contribution in [2.75, 3.05) is 25.4 Å². The van der Waals surface area contributed by atoms with Crippen LogP contribution in [-0.4, -0.2) is 57.3 Å². The molecule has 0 aliphatic carbocycles. The van der Waals surface area contributed by atoms with E-state index in [2.05, 4.69) is 16.5 Å². The minimum atomic E-state index is -0.115. The summed E-state index contributed by atoms with van der Waals surface area (Å²) in [6, 6.07) is -0.0938. The number of rotatable bonds is 2. The molecule has 1 fully saturated rings. The van der Waals surface area contributed by atoms with E-state index in [1.807, 2.05) is 20.8 Å². The van der Waals surface area contributed by atoms with Crippen LogP contribution in [0.25, 0.3) is 10.2 Å². The van der Waals surface area contributed by atoms with Crippen LogP contribution < -0.4 is 5.73 Å². The van der Waals surface area contributed by atoms with Gasteiger partial charge in [0, 0.05) is 25.7 Å². The fourth-order valence-electron chi connectivity index (χ4n) is 3.21. The van der Waals surface area contributed by atoms with Gasteiger partial charge in [-0.3, -0.25) is 9.59 Å². The number of nitrogens with two attached hydrogens (primary N) is 1. The Balaban J connectivity index is 1.90. The third kappa shape index (κ3) is 2.97. The molecule has 132 valence electrons. The van der Waals surface area contributed by atoms with Crippen molar-refractivity contribution in [1.29, 1.82) is 0 Å². The van der Waals surface area contributed by atoms with E-state index in [-0.39, 0.29) is 17.9 Å². The number of hydrogen-bond acceptors (Lipinski definition) is 6. The van der Waals surface area contributed by atoms with Crippen LogP contribution >= 0.6 is 11.3 Å². The molecule has 1 saturated heterocycles. The molecular formula is C17H21N5O2S. The molecule has 0 saturated carbocycles. The Labute approximate surface area is 150 Å². The Morgan fingerprint density at radius 2 is 2.04 bits per heavy atom. The zero-order valence-corrected chi connectivity index (χ0v) is 15.4. The number of amides is 2. The van der Waals surface area contributed by atoms with Crippen molar-refractivity contribution in [3.05, 3.63) is 29.1 Å². The van der Waals surface area contributed by atoms with E-state index >= 15 is 0 Å². The summed E-state index contributed by atoms with van der Waals surface area (Å²) in [4.78, 5) is 38.2. The van der Waals surface area contributed by atoms with Gasteiger partial charge >= 0.3 is 0 Å². The Kier molecular flexibility index (Phi) is 4.47. The zero-order valence-electron chi connectivity index (χ0n) is 14.6. The molecule has 0 radical (unpaired) electrons. The number of thiophene rings is 1. The van der Waals surface area contributed by atoms with E-state index < -0.39 is 0 Å². The van der Waals surface area contributed by atoms with Crippen LogP contribution in [0.4, 0.5) is 5.69 Å². The Morgan fingerprint density at radius 3 is 2.68 bits per heavy atom. The molecule has 1 aliphatic heterocycles. The lowest BCUT2D eigenvalue weighted by molar-refractivity contribution is -0.128. The minimum absolute atomic E-state index is 0.0938. The van der Waals surface area contributed by atoms with Gasteiger partial charge in [0.2, 0.25) is 5.91 Å². The third-order valence-electron chi connectivity index (χ3n) is 4.45. The number of aryl methyl sites for hydroxylation is 2. The van der Waals surface area contributed by atoms with Gasteiger partial charge in [0.25, 0.3) is 5.91 Å². The smallest absolute Gasteiger partial charge is 0.266 e. The Bertz CT molecular complexity index is 876. The number of carbonyl (C=O) groups is 2. The second kappa shape index (κ2) is 6.44. The van der Waals surface area contributed by atoms with Gasteiger partial charge in [0.05, 0.1) is 16.8 Å². The van der Waals surface area contributed by atoms with Crippen molar-refractivity contribution in [1.82, 2.24) is 19.8 Å². The predicted molar refractivity (Wildman–Crippen MR) is 98.6 cm³/mol. The Morgan fingerprint density at radius 1 is 1.32 bits per heavy atom. The van der Waals surface area contributed by atoms with Crippen molar-refractivity contribution in [3.8, 4) is 0 Å². The lowest BCUT2D eigenvalue weighted by atomic mass is 10.1. The number of hydrogen-bond donors (Lipinski definition) is 1. The van der Waals surface area contributed by atoms with Crippen molar-refractivity contribution in [2.45, 2.75) is 26.8 Å². The highest BCUT2D eigenvalue weighted by Crippen LogP contribution is 2.35. The van der Waals surface area contributed by atoms with Gasteiger partial charge in [-0.15, -0.1) is 11.3 Å². The van der Waals surface area contributed by atoms with Crippen molar-refractivity contribution in [3.63, 3.8) is 0 Å². The highest BCUT2D eigenvalue weighted by molar-refractivity contribution is 7.21. The zero-order chi connectivity index (χ0) is 18.3. The van der Waals surface area contributed by atoms with Gasteiger partial charge in [-0.2, -0.15) is 0 Å². The van der Waals surface area contributed by atoms with Crippen LogP contribution in [0.1, 0.15) is 28.1 Å². The first-order valence-electron chi connectivity index (χ1n) is 8.09. The second-order valence-electron chi connectivity index (χ2n) is 6.22. The molecule has 7 nitrogen and oxygen atoms in total. The standard InChI is InChI=1S/C17H21N5O2S/c1-5-12(23)21-6-7-22(9(2)8-21)17(24)15-14(18)13-10(3)19-11(4)20-16(13)25-15/h5,9H,1,6-8,18H2,2-4H3/t9-/m0/s1. The molecule has 0 aromatic carbocycles. The molecule has 2 N–H and O–H groups in total. The normalized spacial score (nSPS) is 17.8. The molecule has 0 unspecified atom stereocenters. The van der Waals surface area contributed by atoms with Gasteiger partial charge in [-0.25, -0.2) is 9.97 Å². The van der Waals surface area contributed by atoms with Crippen LogP contribution in [0.2, 0.25) is 0 Å². The quantitative estimate of drug-likeness (QED) is 0.825. The maximum atomic E-state index is 13.0. The number of fused-ring (bicyclic) bond motifs is 1. The van der Waals surface area contributed by atoms with E-state index in [0.717, 1.165) is 15.9 Å². The first kappa shape index (κ1) is 17.3. The molecule has 3 heterocycles. The highest BCUT2D eigenvalue weighted by Gasteiger charge is 2.32. The summed E-state index contributed by atoms with van der Waals surface area (Å²) in [6.45, 7) is 10.6. The number of carbonyl (C=O) groups excluding carboxylic acids is 2. The number of nitrogens with zero attached hydrogens (tertiary/aromatic N) is 4. The average Bonchev–Trinajstić information content (AvgIpc) is 2.90. The first-order chi connectivity index (χ1) is 11.8. The van der Waals surface area contributed by atoms with Crippen LogP contribution in [-0.2, 0) is 4.79 Å². The van der Waals surface area contributed by atoms with Crippen LogP contribution in [0.15, 0.2) is 12.7 Å². The van der Waals surface area contributed by atoms with E-state index in [4.69, 9.17) is 5.73 Å².